The number of aliphatic imine (C=N–C) groups is 1. The van der Waals surface area contributed by atoms with Crippen molar-refractivity contribution in [2.45, 2.75) is 51.9 Å². The first kappa shape index (κ1) is 23.7. The zero-order chi connectivity index (χ0) is 22.3. The molecule has 6 heteroatoms. The van der Waals surface area contributed by atoms with Gasteiger partial charge in [-0.15, -0.1) is 0 Å². The van der Waals surface area contributed by atoms with E-state index in [2.05, 4.69) is 48.0 Å². The molecule has 3 rings (SSSR count). The van der Waals surface area contributed by atoms with Crippen LogP contribution in [0.2, 0.25) is 0 Å². The molecule has 2 heterocycles. The normalized spacial score (nSPS) is 20.7. The Bertz CT molecular complexity index is 728. The van der Waals surface area contributed by atoms with Gasteiger partial charge >= 0.3 is 0 Å². The van der Waals surface area contributed by atoms with Gasteiger partial charge in [0, 0.05) is 31.6 Å². The van der Waals surface area contributed by atoms with Crippen molar-refractivity contribution in [2.24, 2.45) is 10.9 Å². The van der Waals surface area contributed by atoms with Crippen LogP contribution in [-0.4, -0.2) is 75.8 Å². The van der Waals surface area contributed by atoms with Crippen LogP contribution in [0.1, 0.15) is 52.0 Å². The highest BCUT2D eigenvalue weighted by Gasteiger charge is 2.28. The molecule has 174 valence electrons. The first-order valence-corrected chi connectivity index (χ1v) is 11.9. The second-order valence-corrected chi connectivity index (χ2v) is 9.59. The molecule has 1 atom stereocenters. The summed E-state index contributed by atoms with van der Waals surface area (Å²) in [5.41, 5.74) is 1.10. The first-order valence-electron chi connectivity index (χ1n) is 11.9. The van der Waals surface area contributed by atoms with Gasteiger partial charge in [0.1, 0.15) is 0 Å². The summed E-state index contributed by atoms with van der Waals surface area (Å²) in [5, 5.41) is 3.53. The van der Waals surface area contributed by atoms with Gasteiger partial charge in [0.25, 0.3) is 0 Å². The van der Waals surface area contributed by atoms with Crippen molar-refractivity contribution in [1.82, 2.24) is 15.1 Å². The molecule has 1 unspecified atom stereocenters. The predicted octanol–water partition coefficient (Wildman–Crippen LogP) is 3.75. The van der Waals surface area contributed by atoms with Crippen molar-refractivity contribution in [3.63, 3.8) is 0 Å². The number of rotatable bonds is 8. The fourth-order valence-electron chi connectivity index (χ4n) is 4.73. The molecule has 1 aromatic rings. The van der Waals surface area contributed by atoms with E-state index in [1.165, 1.54) is 50.9 Å². The maximum absolute atomic E-state index is 5.51. The SMILES string of the molecule is CCNC(=NCC(C)(C)c1ccc(OC)c(OC)c1)N1CCC(CN2CCCCC2)C1. The summed E-state index contributed by atoms with van der Waals surface area (Å²) in [7, 11) is 3.36. The van der Waals surface area contributed by atoms with Gasteiger partial charge in [-0.3, -0.25) is 4.99 Å². The largest absolute Gasteiger partial charge is 0.493 e. The van der Waals surface area contributed by atoms with E-state index in [9.17, 15) is 0 Å². The third kappa shape index (κ3) is 6.28. The second kappa shape index (κ2) is 11.1. The molecular formula is C25H42N4O2. The number of hydrogen-bond donors (Lipinski definition) is 1. The van der Waals surface area contributed by atoms with Gasteiger partial charge in [-0.1, -0.05) is 26.3 Å². The number of nitrogens with one attached hydrogen (secondary N) is 1. The summed E-state index contributed by atoms with van der Waals surface area (Å²) < 4.78 is 10.9. The average molecular weight is 431 g/mol. The van der Waals surface area contributed by atoms with Crippen molar-refractivity contribution in [2.75, 3.05) is 60.0 Å². The minimum Gasteiger partial charge on any atom is -0.493 e. The maximum atomic E-state index is 5.51. The Morgan fingerprint density at radius 3 is 2.52 bits per heavy atom. The van der Waals surface area contributed by atoms with E-state index in [0.717, 1.165) is 49.6 Å². The van der Waals surface area contributed by atoms with Crippen LogP contribution in [0, 0.1) is 5.92 Å². The van der Waals surface area contributed by atoms with Crippen molar-refractivity contribution < 1.29 is 9.47 Å². The van der Waals surface area contributed by atoms with E-state index < -0.39 is 0 Å². The number of benzene rings is 1. The first-order chi connectivity index (χ1) is 15.0. The lowest BCUT2D eigenvalue weighted by Crippen LogP contribution is -2.42. The lowest BCUT2D eigenvalue weighted by Gasteiger charge is -2.29. The number of nitrogens with zero attached hydrogens (tertiary/aromatic N) is 3. The Morgan fingerprint density at radius 1 is 1.10 bits per heavy atom. The van der Waals surface area contributed by atoms with Gasteiger partial charge in [0.2, 0.25) is 0 Å². The average Bonchev–Trinajstić information content (AvgIpc) is 3.25. The summed E-state index contributed by atoms with van der Waals surface area (Å²) in [6, 6.07) is 6.18. The lowest BCUT2D eigenvalue weighted by atomic mass is 9.84. The molecule has 0 aliphatic carbocycles. The van der Waals surface area contributed by atoms with Crippen molar-refractivity contribution in [3.8, 4) is 11.5 Å². The fraction of sp³-hybridized carbons (Fsp3) is 0.720. The van der Waals surface area contributed by atoms with Crippen LogP contribution < -0.4 is 14.8 Å². The smallest absolute Gasteiger partial charge is 0.193 e. The Morgan fingerprint density at radius 2 is 1.84 bits per heavy atom. The molecule has 0 radical (unpaired) electrons. The van der Waals surface area contributed by atoms with E-state index in [1.807, 2.05) is 6.07 Å². The maximum Gasteiger partial charge on any atom is 0.193 e. The molecule has 0 aromatic heterocycles. The Balaban J connectivity index is 1.64. The number of piperidine rings is 1. The van der Waals surface area contributed by atoms with Crippen LogP contribution >= 0.6 is 0 Å². The minimum atomic E-state index is -0.104. The molecule has 0 amide bonds. The molecule has 2 saturated heterocycles. The van der Waals surface area contributed by atoms with Gasteiger partial charge in [-0.2, -0.15) is 0 Å². The molecule has 0 bridgehead atoms. The van der Waals surface area contributed by atoms with Crippen LogP contribution in [0.15, 0.2) is 23.2 Å². The molecule has 2 aliphatic rings. The zero-order valence-electron chi connectivity index (χ0n) is 20.2. The minimum absolute atomic E-state index is 0.104. The molecule has 0 spiro atoms. The number of methoxy groups -OCH3 is 2. The number of ether oxygens (including phenoxy) is 2. The van der Waals surface area contributed by atoms with E-state index in [4.69, 9.17) is 14.5 Å². The summed E-state index contributed by atoms with van der Waals surface area (Å²) in [4.78, 5) is 10.2. The molecule has 2 fully saturated rings. The summed E-state index contributed by atoms with van der Waals surface area (Å²) in [6.45, 7) is 14.3. The highest BCUT2D eigenvalue weighted by atomic mass is 16.5. The molecular weight excluding hydrogens is 388 g/mol. The number of hydrogen-bond acceptors (Lipinski definition) is 4. The van der Waals surface area contributed by atoms with Crippen molar-refractivity contribution in [3.05, 3.63) is 23.8 Å². The van der Waals surface area contributed by atoms with Gasteiger partial charge < -0.3 is 24.6 Å². The predicted molar refractivity (Wildman–Crippen MR) is 129 cm³/mol. The standard InChI is InChI=1S/C25H42N4O2/c1-6-26-24(29-15-12-20(18-29)17-28-13-8-7-9-14-28)27-19-25(2,3)21-10-11-22(30-4)23(16-21)31-5/h10-11,16,20H,6-9,12-15,17-19H2,1-5H3,(H,26,27). The molecule has 1 N–H and O–H groups in total. The molecule has 2 aliphatic heterocycles. The quantitative estimate of drug-likeness (QED) is 0.503. The zero-order valence-corrected chi connectivity index (χ0v) is 20.2. The van der Waals surface area contributed by atoms with Crippen LogP contribution in [0.4, 0.5) is 0 Å². The van der Waals surface area contributed by atoms with Gasteiger partial charge in [-0.05, 0) is 62.9 Å². The van der Waals surface area contributed by atoms with Gasteiger partial charge in [-0.25, -0.2) is 0 Å². The van der Waals surface area contributed by atoms with Crippen molar-refractivity contribution in [1.29, 1.82) is 0 Å². The lowest BCUT2D eigenvalue weighted by molar-refractivity contribution is 0.198. The van der Waals surface area contributed by atoms with Crippen molar-refractivity contribution >= 4 is 5.96 Å². The highest BCUT2D eigenvalue weighted by Crippen LogP contribution is 2.33. The Labute approximate surface area is 189 Å². The monoisotopic (exact) mass is 430 g/mol. The Hall–Kier alpha value is -1.95. The molecule has 6 nitrogen and oxygen atoms in total. The summed E-state index contributed by atoms with van der Waals surface area (Å²) >= 11 is 0. The highest BCUT2D eigenvalue weighted by molar-refractivity contribution is 5.80. The third-order valence-corrected chi connectivity index (χ3v) is 6.67. The van der Waals surface area contributed by atoms with Gasteiger partial charge in [0.15, 0.2) is 17.5 Å². The van der Waals surface area contributed by atoms with Crippen LogP contribution in [0.5, 0.6) is 11.5 Å². The topological polar surface area (TPSA) is 49.3 Å². The summed E-state index contributed by atoms with van der Waals surface area (Å²) in [5.74, 6) is 3.33. The molecule has 0 saturated carbocycles. The Kier molecular flexibility index (Phi) is 8.47. The van der Waals surface area contributed by atoms with Crippen LogP contribution in [0.25, 0.3) is 0 Å². The van der Waals surface area contributed by atoms with E-state index in [0.29, 0.717) is 0 Å². The second-order valence-electron chi connectivity index (χ2n) is 9.59. The van der Waals surface area contributed by atoms with Crippen LogP contribution in [0.3, 0.4) is 0 Å². The third-order valence-electron chi connectivity index (χ3n) is 6.67. The van der Waals surface area contributed by atoms with Gasteiger partial charge in [0.05, 0.1) is 20.8 Å². The van der Waals surface area contributed by atoms with E-state index in [1.54, 1.807) is 14.2 Å². The molecule has 1 aromatic carbocycles. The summed E-state index contributed by atoms with van der Waals surface area (Å²) in [6.07, 6.45) is 5.40. The van der Waals surface area contributed by atoms with E-state index in [-0.39, 0.29) is 5.41 Å². The van der Waals surface area contributed by atoms with Crippen LogP contribution in [-0.2, 0) is 5.41 Å². The fourth-order valence-corrected chi connectivity index (χ4v) is 4.73. The van der Waals surface area contributed by atoms with E-state index >= 15 is 0 Å². The number of guanidine groups is 1. The molecule has 31 heavy (non-hydrogen) atoms. The number of likely N-dealkylation sites (tertiary alicyclic amines) is 2.